The molecular formula is C18H24O2. The zero-order valence-corrected chi connectivity index (χ0v) is 12.6. The number of esters is 1. The predicted molar refractivity (Wildman–Crippen MR) is 83.4 cm³/mol. The van der Waals surface area contributed by atoms with Gasteiger partial charge in [0.25, 0.3) is 0 Å². The maximum Gasteiger partial charge on any atom is 0.310 e. The Morgan fingerprint density at radius 3 is 2.50 bits per heavy atom. The van der Waals surface area contributed by atoms with Crippen LogP contribution in [0.25, 0.3) is 0 Å². The molecule has 1 aromatic carbocycles. The van der Waals surface area contributed by atoms with E-state index in [-0.39, 0.29) is 5.97 Å². The molecule has 1 aromatic rings. The van der Waals surface area contributed by atoms with E-state index in [9.17, 15) is 4.79 Å². The van der Waals surface area contributed by atoms with Crippen LogP contribution in [0.15, 0.2) is 54.6 Å². The molecular weight excluding hydrogens is 248 g/mol. The van der Waals surface area contributed by atoms with Crippen LogP contribution in [0.5, 0.6) is 0 Å². The first-order valence-electron chi connectivity index (χ1n) is 7.12. The molecule has 0 saturated carbocycles. The molecule has 1 atom stereocenters. The fourth-order valence-corrected chi connectivity index (χ4v) is 1.55. The third-order valence-electron chi connectivity index (χ3n) is 3.25. The minimum Gasteiger partial charge on any atom is -0.461 e. The van der Waals surface area contributed by atoms with Crippen LogP contribution in [0.1, 0.15) is 26.3 Å². The van der Waals surface area contributed by atoms with Gasteiger partial charge in [-0.25, -0.2) is 0 Å². The summed E-state index contributed by atoms with van der Waals surface area (Å²) < 4.78 is 5.14. The standard InChI is InChI=1S/C18H24O2/c1-15(2)16(3)10-6-5-9-13-20-18(19)14-17-11-7-4-8-12-17/h4-12,15-16H,13-14H2,1-3H3/b9-5+,10-6+. The first kappa shape index (κ1) is 16.2. The Balaban J connectivity index is 2.22. The molecule has 0 aliphatic rings. The summed E-state index contributed by atoms with van der Waals surface area (Å²) in [6.45, 7) is 6.91. The van der Waals surface area contributed by atoms with E-state index in [4.69, 9.17) is 4.74 Å². The predicted octanol–water partition coefficient (Wildman–Crippen LogP) is 4.18. The number of carbonyl (C=O) groups is 1. The highest BCUT2D eigenvalue weighted by Crippen LogP contribution is 2.10. The van der Waals surface area contributed by atoms with Gasteiger partial charge < -0.3 is 4.74 Å². The van der Waals surface area contributed by atoms with Crippen LogP contribution < -0.4 is 0 Å². The van der Waals surface area contributed by atoms with Crippen LogP contribution in [0.4, 0.5) is 0 Å². The molecule has 108 valence electrons. The van der Waals surface area contributed by atoms with Crippen LogP contribution >= 0.6 is 0 Å². The van der Waals surface area contributed by atoms with E-state index in [0.717, 1.165) is 5.56 Å². The molecule has 0 aromatic heterocycles. The topological polar surface area (TPSA) is 26.3 Å². The average Bonchev–Trinajstić information content (AvgIpc) is 2.43. The highest BCUT2D eigenvalue weighted by Gasteiger charge is 2.02. The maximum atomic E-state index is 11.6. The molecule has 20 heavy (non-hydrogen) atoms. The Labute approximate surface area is 122 Å². The Morgan fingerprint density at radius 2 is 1.85 bits per heavy atom. The van der Waals surface area contributed by atoms with Crippen molar-refractivity contribution in [3.63, 3.8) is 0 Å². The van der Waals surface area contributed by atoms with Gasteiger partial charge in [-0.2, -0.15) is 0 Å². The molecule has 1 rings (SSSR count). The Morgan fingerprint density at radius 1 is 1.15 bits per heavy atom. The van der Waals surface area contributed by atoms with Crippen molar-refractivity contribution in [1.29, 1.82) is 0 Å². The first-order valence-corrected chi connectivity index (χ1v) is 7.12. The monoisotopic (exact) mass is 272 g/mol. The van der Waals surface area contributed by atoms with E-state index in [1.54, 1.807) is 0 Å². The van der Waals surface area contributed by atoms with E-state index >= 15 is 0 Å². The molecule has 0 radical (unpaired) electrons. The largest absolute Gasteiger partial charge is 0.461 e. The third kappa shape index (κ3) is 6.93. The summed E-state index contributed by atoms with van der Waals surface area (Å²) in [7, 11) is 0. The molecule has 0 fully saturated rings. The van der Waals surface area contributed by atoms with E-state index in [1.807, 2.05) is 48.6 Å². The fraction of sp³-hybridized carbons (Fsp3) is 0.389. The lowest BCUT2D eigenvalue weighted by Crippen LogP contribution is -2.07. The molecule has 0 bridgehead atoms. The lowest BCUT2D eigenvalue weighted by Gasteiger charge is -2.08. The second-order valence-corrected chi connectivity index (χ2v) is 5.26. The number of ether oxygens (including phenoxy) is 1. The summed E-state index contributed by atoms with van der Waals surface area (Å²) in [5, 5.41) is 0. The van der Waals surface area contributed by atoms with Gasteiger partial charge >= 0.3 is 5.97 Å². The lowest BCUT2D eigenvalue weighted by molar-refractivity contribution is -0.141. The smallest absolute Gasteiger partial charge is 0.310 e. The van der Waals surface area contributed by atoms with Gasteiger partial charge in [0, 0.05) is 0 Å². The highest BCUT2D eigenvalue weighted by molar-refractivity contribution is 5.72. The van der Waals surface area contributed by atoms with E-state index in [1.165, 1.54) is 0 Å². The molecule has 0 aliphatic carbocycles. The van der Waals surface area contributed by atoms with Crippen LogP contribution in [-0.2, 0) is 16.0 Å². The van der Waals surface area contributed by atoms with Gasteiger partial charge in [-0.1, -0.05) is 69.3 Å². The molecule has 0 aliphatic heterocycles. The lowest BCUT2D eigenvalue weighted by atomic mass is 9.98. The van der Waals surface area contributed by atoms with Crippen LogP contribution in [0.3, 0.4) is 0 Å². The van der Waals surface area contributed by atoms with Crippen molar-refractivity contribution in [2.75, 3.05) is 6.61 Å². The number of hydrogen-bond donors (Lipinski definition) is 0. The number of carbonyl (C=O) groups excluding carboxylic acids is 1. The number of benzene rings is 1. The molecule has 0 heterocycles. The first-order chi connectivity index (χ1) is 9.59. The summed E-state index contributed by atoms with van der Waals surface area (Å²) in [5.74, 6) is 1.00. The molecule has 0 saturated heterocycles. The summed E-state index contributed by atoms with van der Waals surface area (Å²) in [6.07, 6.45) is 8.28. The van der Waals surface area contributed by atoms with Crippen LogP contribution in [-0.4, -0.2) is 12.6 Å². The second kappa shape index (κ2) is 9.13. The Bertz CT molecular complexity index is 444. The molecule has 2 heteroatoms. The SMILES string of the molecule is CC(C)C(C)/C=C/C=C/COC(=O)Cc1ccccc1. The van der Waals surface area contributed by atoms with Gasteiger partial charge in [0.15, 0.2) is 0 Å². The highest BCUT2D eigenvalue weighted by atomic mass is 16.5. The Kier molecular flexibility index (Phi) is 7.41. The average molecular weight is 272 g/mol. The van der Waals surface area contributed by atoms with Crippen molar-refractivity contribution in [3.8, 4) is 0 Å². The van der Waals surface area contributed by atoms with Gasteiger partial charge in [-0.05, 0) is 23.5 Å². The number of rotatable bonds is 7. The van der Waals surface area contributed by atoms with Gasteiger partial charge in [0.2, 0.25) is 0 Å². The van der Waals surface area contributed by atoms with Crippen molar-refractivity contribution in [1.82, 2.24) is 0 Å². The minimum absolute atomic E-state index is 0.194. The molecule has 1 unspecified atom stereocenters. The molecule has 0 N–H and O–H groups in total. The van der Waals surface area contributed by atoms with Gasteiger partial charge in [0.1, 0.15) is 6.61 Å². The quantitative estimate of drug-likeness (QED) is 0.550. The van der Waals surface area contributed by atoms with Crippen LogP contribution in [0.2, 0.25) is 0 Å². The van der Waals surface area contributed by atoms with Crippen LogP contribution in [0, 0.1) is 11.8 Å². The summed E-state index contributed by atoms with van der Waals surface area (Å²) in [4.78, 5) is 11.6. The van der Waals surface area contributed by atoms with Gasteiger partial charge in [0.05, 0.1) is 6.42 Å². The summed E-state index contributed by atoms with van der Waals surface area (Å²) in [6, 6.07) is 9.62. The third-order valence-corrected chi connectivity index (χ3v) is 3.25. The Hall–Kier alpha value is -1.83. The second-order valence-electron chi connectivity index (χ2n) is 5.26. The van der Waals surface area contributed by atoms with Gasteiger partial charge in [-0.3, -0.25) is 4.79 Å². The summed E-state index contributed by atoms with van der Waals surface area (Å²) >= 11 is 0. The summed E-state index contributed by atoms with van der Waals surface area (Å²) in [5.41, 5.74) is 0.979. The van der Waals surface area contributed by atoms with E-state index < -0.39 is 0 Å². The fourth-order valence-electron chi connectivity index (χ4n) is 1.55. The molecule has 0 amide bonds. The number of hydrogen-bond acceptors (Lipinski definition) is 2. The molecule has 2 nitrogen and oxygen atoms in total. The van der Waals surface area contributed by atoms with Crippen molar-refractivity contribution in [2.45, 2.75) is 27.2 Å². The van der Waals surface area contributed by atoms with Crippen molar-refractivity contribution in [2.24, 2.45) is 11.8 Å². The zero-order valence-electron chi connectivity index (χ0n) is 12.6. The van der Waals surface area contributed by atoms with Gasteiger partial charge in [-0.15, -0.1) is 0 Å². The number of allylic oxidation sites excluding steroid dienone is 3. The molecule has 0 spiro atoms. The van der Waals surface area contributed by atoms with E-state index in [0.29, 0.717) is 24.9 Å². The van der Waals surface area contributed by atoms with Crippen molar-refractivity contribution in [3.05, 3.63) is 60.2 Å². The minimum atomic E-state index is -0.194. The van der Waals surface area contributed by atoms with Crippen molar-refractivity contribution >= 4 is 5.97 Å². The van der Waals surface area contributed by atoms with Crippen molar-refractivity contribution < 1.29 is 9.53 Å². The normalized spacial score (nSPS) is 13.2. The van der Waals surface area contributed by atoms with E-state index in [2.05, 4.69) is 26.8 Å². The maximum absolute atomic E-state index is 11.6. The zero-order chi connectivity index (χ0) is 14.8.